The van der Waals surface area contributed by atoms with Crippen molar-refractivity contribution in [1.82, 2.24) is 0 Å². The highest BCUT2D eigenvalue weighted by molar-refractivity contribution is 6.10. The number of methoxy groups -OCH3 is 2. The summed E-state index contributed by atoms with van der Waals surface area (Å²) in [6.07, 6.45) is 15.7. The first-order valence-corrected chi connectivity index (χ1v) is 37.6. The number of carbonyl (C=O) groups excluding carboxylic acids is 4. The molecule has 14 aromatic rings. The molecule has 14 aromatic carbocycles. The number of benzene rings is 14. The van der Waals surface area contributed by atoms with Crippen LogP contribution in [0.3, 0.4) is 0 Å². The highest BCUT2D eigenvalue weighted by atomic mass is 16.5. The molecule has 0 spiro atoms. The van der Waals surface area contributed by atoms with Crippen molar-refractivity contribution in [2.45, 2.75) is 56.8 Å². The highest BCUT2D eigenvalue weighted by Gasteiger charge is 2.39. The fourth-order valence-electron chi connectivity index (χ4n) is 15.3. The largest absolute Gasteiger partial charge is 0.469 e. The monoisotopic (exact) mass is 1440 g/mol. The predicted octanol–water partition coefficient (Wildman–Crippen LogP) is 24.0. The van der Waals surface area contributed by atoms with Crippen molar-refractivity contribution in [2.75, 3.05) is 24.9 Å². The summed E-state index contributed by atoms with van der Waals surface area (Å²) in [4.78, 5) is 50.5. The van der Waals surface area contributed by atoms with Crippen molar-refractivity contribution in [2.24, 2.45) is 0 Å². The van der Waals surface area contributed by atoms with Gasteiger partial charge in [0.15, 0.2) is 0 Å². The Kier molecular flexibility index (Phi) is 23.2. The fraction of sp³-hybridized carbons (Fsp3) is 0.107. The number of terminal acetylenes is 2. The number of ether oxygens (including phenoxy) is 2. The minimum absolute atomic E-state index is 0.127. The van der Waals surface area contributed by atoms with Gasteiger partial charge >= 0.3 is 11.9 Å². The Labute approximate surface area is 650 Å². The van der Waals surface area contributed by atoms with Crippen LogP contribution in [-0.2, 0) is 34.1 Å². The van der Waals surface area contributed by atoms with Crippen molar-refractivity contribution < 1.29 is 28.7 Å². The Balaban J connectivity index is 0.960. The second-order valence-electron chi connectivity index (χ2n) is 27.6. The molecule has 14 rings (SSSR count). The van der Waals surface area contributed by atoms with Crippen LogP contribution in [-0.4, -0.2) is 38.0 Å². The van der Waals surface area contributed by atoms with Gasteiger partial charge in [-0.25, -0.2) is 0 Å². The summed E-state index contributed by atoms with van der Waals surface area (Å²) >= 11 is 0. The zero-order valence-corrected chi connectivity index (χ0v) is 62.1. The van der Waals surface area contributed by atoms with Crippen LogP contribution >= 0.6 is 0 Å². The molecule has 0 aliphatic carbocycles. The Morgan fingerprint density at radius 1 is 0.279 bits per heavy atom. The average molecular weight is 1440 g/mol. The number of amides is 2. The summed E-state index contributed by atoms with van der Waals surface area (Å²) < 4.78 is 9.66. The van der Waals surface area contributed by atoms with Crippen LogP contribution in [0.2, 0.25) is 0 Å². The van der Waals surface area contributed by atoms with Crippen LogP contribution in [0, 0.1) is 24.7 Å². The van der Waals surface area contributed by atoms with Crippen molar-refractivity contribution in [1.29, 1.82) is 0 Å². The molecule has 0 saturated carbocycles. The third kappa shape index (κ3) is 16.3. The van der Waals surface area contributed by atoms with E-state index in [0.717, 1.165) is 145 Å². The summed E-state index contributed by atoms with van der Waals surface area (Å²) in [7, 11) is 2.75. The third-order valence-electron chi connectivity index (χ3n) is 20.7. The summed E-state index contributed by atoms with van der Waals surface area (Å²) in [6.45, 7) is 0. The van der Waals surface area contributed by atoms with Gasteiger partial charge in [0, 0.05) is 48.2 Å². The second-order valence-corrected chi connectivity index (χ2v) is 27.6. The Hall–Kier alpha value is -13.9. The number of esters is 2. The van der Waals surface area contributed by atoms with E-state index < -0.39 is 5.41 Å². The molecule has 0 unspecified atom stereocenters. The molecular formula is C103H82N2O6. The van der Waals surface area contributed by atoms with Gasteiger partial charge in [-0.1, -0.05) is 291 Å². The van der Waals surface area contributed by atoms with Crippen molar-refractivity contribution in [3.63, 3.8) is 0 Å². The molecule has 540 valence electrons. The molecule has 0 atom stereocenters. The number of carbonyl (C=O) groups is 4. The maximum Gasteiger partial charge on any atom is 0.305 e. The molecule has 2 amide bonds. The minimum Gasteiger partial charge on any atom is -0.469 e. The standard InChI is InChI=1S/C103H82N2O6/c1-5-71-45-57-83(58-46-71)103(84-59-47-72(6-2)48-60-84,85-61-49-75(50-62-85)91-69-89(73-29-13-7-14-30-73)97(77-33-17-9-18-34-77)101(99(91)79-37-21-11-22-38-79)81-53-65-87(66-54-81)104-93(106)41-25-27-43-95(108)110-3)86-63-51-76(52-64-86)92-70-90(74-31-15-8-16-32-74)98(78-35-19-10-20-36-78)102(100(92)80-39-23-12-24-40-80)82-55-67-88(68-56-82)105-94(107)42-26-28-44-96(109)111-4/h1-2,7-24,29-40,45-70H,25-28,41-44H2,3-4H3,(H,104,106)(H,105,107). The van der Waals surface area contributed by atoms with Crippen LogP contribution < -0.4 is 10.6 Å². The van der Waals surface area contributed by atoms with E-state index in [-0.39, 0.29) is 49.4 Å². The topological polar surface area (TPSA) is 111 Å². The van der Waals surface area contributed by atoms with E-state index in [2.05, 4.69) is 302 Å². The quantitative estimate of drug-likeness (QED) is 0.0242. The first-order valence-electron chi connectivity index (χ1n) is 37.6. The first kappa shape index (κ1) is 74.0. The summed E-state index contributed by atoms with van der Waals surface area (Å²) in [5.74, 6) is 4.95. The van der Waals surface area contributed by atoms with Crippen molar-refractivity contribution in [3.05, 3.63) is 373 Å². The summed E-state index contributed by atoms with van der Waals surface area (Å²) in [5.41, 5.74) is 26.3. The van der Waals surface area contributed by atoms with Crippen LogP contribution in [0.5, 0.6) is 0 Å². The SMILES string of the molecule is C#Cc1ccc(C(c2ccc(C#C)cc2)(c2ccc(-c3cc(-c4ccccc4)c(-c4ccccc4)c(-c4ccc(NC(=O)CCCCC(=O)OC)cc4)c3-c3ccccc3)cc2)c2ccc(-c3cc(-c4ccccc4)c(-c4ccccc4)c(-c4ccc(NC(=O)CCCCC(=O)OC)cc4)c3-c3ccccc3)cc2)cc1. The molecule has 0 heterocycles. The lowest BCUT2D eigenvalue weighted by Gasteiger charge is -2.37. The summed E-state index contributed by atoms with van der Waals surface area (Å²) in [6, 6.07) is 119. The molecule has 0 aliphatic heterocycles. The van der Waals surface area contributed by atoms with Gasteiger partial charge < -0.3 is 20.1 Å². The van der Waals surface area contributed by atoms with Crippen molar-refractivity contribution in [3.8, 4) is 136 Å². The van der Waals surface area contributed by atoms with E-state index >= 15 is 0 Å². The first-order chi connectivity index (χ1) is 54.5. The van der Waals surface area contributed by atoms with E-state index in [9.17, 15) is 19.2 Å². The second kappa shape index (κ2) is 34.8. The van der Waals surface area contributed by atoms with E-state index in [1.54, 1.807) is 0 Å². The zero-order chi connectivity index (χ0) is 76.5. The molecule has 8 heteroatoms. The van der Waals surface area contributed by atoms with Gasteiger partial charge in [-0.2, -0.15) is 0 Å². The Morgan fingerprint density at radius 2 is 0.505 bits per heavy atom. The smallest absolute Gasteiger partial charge is 0.305 e. The van der Waals surface area contributed by atoms with E-state index in [0.29, 0.717) is 37.1 Å². The van der Waals surface area contributed by atoms with Gasteiger partial charge in [-0.05, 0) is 220 Å². The van der Waals surface area contributed by atoms with Crippen molar-refractivity contribution >= 4 is 35.1 Å². The maximum atomic E-state index is 13.4. The van der Waals surface area contributed by atoms with Gasteiger partial charge in [0.2, 0.25) is 11.8 Å². The van der Waals surface area contributed by atoms with E-state index in [4.69, 9.17) is 22.3 Å². The van der Waals surface area contributed by atoms with Gasteiger partial charge in [-0.3, -0.25) is 19.2 Å². The van der Waals surface area contributed by atoms with Crippen LogP contribution in [0.4, 0.5) is 11.4 Å². The van der Waals surface area contributed by atoms with Crippen LogP contribution in [0.15, 0.2) is 340 Å². The number of anilines is 2. The molecule has 0 radical (unpaired) electrons. The van der Waals surface area contributed by atoms with Gasteiger partial charge in [0.05, 0.1) is 19.6 Å². The lowest BCUT2D eigenvalue weighted by molar-refractivity contribution is -0.141. The maximum absolute atomic E-state index is 13.4. The lowest BCUT2D eigenvalue weighted by Crippen LogP contribution is -2.31. The summed E-state index contributed by atoms with van der Waals surface area (Å²) in [5, 5.41) is 6.24. The number of hydrogen-bond acceptors (Lipinski definition) is 6. The van der Waals surface area contributed by atoms with E-state index in [1.807, 2.05) is 60.7 Å². The number of unbranched alkanes of at least 4 members (excludes halogenated alkanes) is 2. The minimum atomic E-state index is -0.989. The van der Waals surface area contributed by atoms with Crippen LogP contribution in [0.1, 0.15) is 84.7 Å². The Morgan fingerprint density at radius 3 is 0.766 bits per heavy atom. The number of hydrogen-bond donors (Lipinski definition) is 2. The molecule has 111 heavy (non-hydrogen) atoms. The zero-order valence-electron chi connectivity index (χ0n) is 62.1. The molecule has 0 fully saturated rings. The van der Waals surface area contributed by atoms with Gasteiger partial charge in [-0.15, -0.1) is 12.8 Å². The molecule has 2 N–H and O–H groups in total. The lowest BCUT2D eigenvalue weighted by atomic mass is 9.64. The average Bonchev–Trinajstić information content (AvgIpc) is 0.739. The highest BCUT2D eigenvalue weighted by Crippen LogP contribution is 2.54. The normalized spacial score (nSPS) is 11.0. The van der Waals surface area contributed by atoms with Crippen LogP contribution in [0.25, 0.3) is 111 Å². The predicted molar refractivity (Wildman–Crippen MR) is 453 cm³/mol. The molecule has 0 aromatic heterocycles. The fourth-order valence-corrected chi connectivity index (χ4v) is 15.3. The van der Waals surface area contributed by atoms with Gasteiger partial charge in [0.25, 0.3) is 0 Å². The van der Waals surface area contributed by atoms with Gasteiger partial charge in [0.1, 0.15) is 0 Å². The number of nitrogens with one attached hydrogen (secondary N) is 2. The Bertz CT molecular complexity index is 5320. The molecule has 0 bridgehead atoms. The molecule has 0 aliphatic rings. The molecule has 8 nitrogen and oxygen atoms in total. The number of rotatable bonds is 26. The van der Waals surface area contributed by atoms with E-state index in [1.165, 1.54) is 14.2 Å². The molecular weight excluding hydrogens is 1360 g/mol. The third-order valence-corrected chi connectivity index (χ3v) is 20.7. The molecule has 0 saturated heterocycles.